The Bertz CT molecular complexity index is 779. The molecule has 0 spiro atoms. The highest BCUT2D eigenvalue weighted by atomic mass is 16.1. The lowest BCUT2D eigenvalue weighted by Gasteiger charge is -2.08. The number of H-pyrrole nitrogens is 2. The van der Waals surface area contributed by atoms with Gasteiger partial charge in [-0.2, -0.15) is 5.10 Å². The molecule has 3 aromatic rings. The van der Waals surface area contributed by atoms with E-state index >= 15 is 0 Å². The highest BCUT2D eigenvalue weighted by Gasteiger charge is 2.16. The zero-order valence-corrected chi connectivity index (χ0v) is 11.1. The van der Waals surface area contributed by atoms with Crippen LogP contribution in [0.1, 0.15) is 31.0 Å². The summed E-state index contributed by atoms with van der Waals surface area (Å²) in [4.78, 5) is 17.0. The van der Waals surface area contributed by atoms with Crippen LogP contribution < -0.4 is 5.56 Å². The van der Waals surface area contributed by atoms with Crippen molar-refractivity contribution in [2.75, 3.05) is 0 Å². The minimum atomic E-state index is -0.0350. The summed E-state index contributed by atoms with van der Waals surface area (Å²) in [5.41, 5.74) is 3.90. The van der Waals surface area contributed by atoms with E-state index in [4.69, 9.17) is 0 Å². The normalized spacial score (nSPS) is 11.6. The number of rotatable bonds is 2. The van der Waals surface area contributed by atoms with Gasteiger partial charge >= 0.3 is 0 Å². The fraction of sp³-hybridized carbons (Fsp3) is 0.308. The van der Waals surface area contributed by atoms with E-state index in [0.717, 1.165) is 22.4 Å². The predicted molar refractivity (Wildman–Crippen MR) is 72.2 cm³/mol. The quantitative estimate of drug-likeness (QED) is 0.735. The molecule has 0 amide bonds. The summed E-state index contributed by atoms with van der Waals surface area (Å²) in [6, 6.07) is 0. The molecule has 19 heavy (non-hydrogen) atoms. The fourth-order valence-electron chi connectivity index (χ4n) is 2.41. The van der Waals surface area contributed by atoms with Crippen LogP contribution in [0.2, 0.25) is 0 Å². The summed E-state index contributed by atoms with van der Waals surface area (Å²) >= 11 is 0. The van der Waals surface area contributed by atoms with Gasteiger partial charge in [0.15, 0.2) is 5.65 Å². The van der Waals surface area contributed by atoms with Gasteiger partial charge in [0.05, 0.1) is 6.20 Å². The smallest absolute Gasteiger partial charge is 0.276 e. The Kier molecular flexibility index (Phi) is 2.51. The number of fused-ring (bicyclic) bond motifs is 1. The molecule has 0 aliphatic carbocycles. The summed E-state index contributed by atoms with van der Waals surface area (Å²) in [6.07, 6.45) is 5.26. The van der Waals surface area contributed by atoms with Crippen LogP contribution in [-0.2, 0) is 0 Å². The maximum atomic E-state index is 12.4. The molecule has 2 N–H and O–H groups in total. The molecule has 6 heteroatoms. The third-order valence-corrected chi connectivity index (χ3v) is 3.27. The molecule has 3 rings (SSSR count). The average molecular weight is 257 g/mol. The zero-order valence-electron chi connectivity index (χ0n) is 11.1. The molecular formula is C13H15N5O. The molecule has 0 fully saturated rings. The van der Waals surface area contributed by atoms with Crippen molar-refractivity contribution in [3.05, 3.63) is 40.2 Å². The van der Waals surface area contributed by atoms with Gasteiger partial charge in [0.25, 0.3) is 5.56 Å². The van der Waals surface area contributed by atoms with Crippen LogP contribution in [0.3, 0.4) is 0 Å². The monoisotopic (exact) mass is 257 g/mol. The molecule has 0 atom stereocenters. The van der Waals surface area contributed by atoms with Gasteiger partial charge in [0.2, 0.25) is 0 Å². The first-order chi connectivity index (χ1) is 9.09. The molecule has 0 aliphatic rings. The number of hydrogen-bond acceptors (Lipinski definition) is 3. The van der Waals surface area contributed by atoms with Crippen LogP contribution in [0.4, 0.5) is 0 Å². The van der Waals surface area contributed by atoms with Crippen LogP contribution in [0, 0.1) is 6.92 Å². The Hall–Kier alpha value is -2.37. The van der Waals surface area contributed by atoms with E-state index in [0.29, 0.717) is 5.65 Å². The van der Waals surface area contributed by atoms with E-state index in [-0.39, 0.29) is 11.5 Å². The van der Waals surface area contributed by atoms with Gasteiger partial charge in [0, 0.05) is 34.8 Å². The third kappa shape index (κ3) is 1.68. The number of nitrogens with one attached hydrogen (secondary N) is 2. The van der Waals surface area contributed by atoms with Gasteiger partial charge in [-0.05, 0) is 12.8 Å². The molecule has 6 nitrogen and oxygen atoms in total. The predicted octanol–water partition coefficient (Wildman–Crippen LogP) is 1.84. The van der Waals surface area contributed by atoms with Gasteiger partial charge in [-0.25, -0.2) is 9.50 Å². The summed E-state index contributed by atoms with van der Waals surface area (Å²) in [5.74, 6) is 0.151. The van der Waals surface area contributed by atoms with Crippen LogP contribution in [0.25, 0.3) is 16.8 Å². The van der Waals surface area contributed by atoms with Crippen molar-refractivity contribution >= 4 is 5.65 Å². The first-order valence-electron chi connectivity index (χ1n) is 6.19. The van der Waals surface area contributed by atoms with Crippen molar-refractivity contribution < 1.29 is 0 Å². The van der Waals surface area contributed by atoms with E-state index < -0.39 is 0 Å². The summed E-state index contributed by atoms with van der Waals surface area (Å²) in [5, 5.41) is 9.65. The highest BCUT2D eigenvalue weighted by Crippen LogP contribution is 2.22. The molecule has 98 valence electrons. The minimum absolute atomic E-state index is 0.0350. The van der Waals surface area contributed by atoms with Gasteiger partial charge < -0.3 is 0 Å². The number of aryl methyl sites for hydroxylation is 1. The molecule has 0 saturated carbocycles. The molecule has 0 bridgehead atoms. The van der Waals surface area contributed by atoms with Gasteiger partial charge in [-0.3, -0.25) is 15.0 Å². The number of hydrogen-bond donors (Lipinski definition) is 2. The molecule has 0 aliphatic heterocycles. The Morgan fingerprint density at radius 1 is 1.32 bits per heavy atom. The second kappa shape index (κ2) is 4.08. The topological polar surface area (TPSA) is 78.8 Å². The molecule has 0 unspecified atom stereocenters. The van der Waals surface area contributed by atoms with Crippen molar-refractivity contribution in [3.8, 4) is 11.1 Å². The Balaban J connectivity index is 2.35. The van der Waals surface area contributed by atoms with Gasteiger partial charge in [-0.15, -0.1) is 0 Å². The van der Waals surface area contributed by atoms with Crippen LogP contribution >= 0.6 is 0 Å². The van der Waals surface area contributed by atoms with E-state index in [2.05, 4.69) is 20.3 Å². The average Bonchev–Trinajstić information content (AvgIpc) is 2.95. The number of aromatic nitrogens is 5. The van der Waals surface area contributed by atoms with E-state index in [1.807, 2.05) is 20.8 Å². The van der Waals surface area contributed by atoms with Gasteiger partial charge in [-0.1, -0.05) is 13.8 Å². The van der Waals surface area contributed by atoms with Crippen LogP contribution in [0.5, 0.6) is 0 Å². The Morgan fingerprint density at radius 3 is 2.74 bits per heavy atom. The third-order valence-electron chi connectivity index (χ3n) is 3.27. The summed E-state index contributed by atoms with van der Waals surface area (Å²) in [6.45, 7) is 5.87. The molecular weight excluding hydrogens is 242 g/mol. The first-order valence-corrected chi connectivity index (χ1v) is 6.19. The zero-order chi connectivity index (χ0) is 13.6. The van der Waals surface area contributed by atoms with Crippen LogP contribution in [0.15, 0.2) is 23.4 Å². The summed E-state index contributed by atoms with van der Waals surface area (Å²) < 4.78 is 1.49. The van der Waals surface area contributed by atoms with E-state index in [9.17, 15) is 4.79 Å². The maximum Gasteiger partial charge on any atom is 0.276 e. The van der Waals surface area contributed by atoms with Crippen molar-refractivity contribution in [1.29, 1.82) is 0 Å². The Morgan fingerprint density at radius 2 is 2.11 bits per heavy atom. The first kappa shape index (κ1) is 11.7. The molecule has 3 aromatic heterocycles. The maximum absolute atomic E-state index is 12.4. The van der Waals surface area contributed by atoms with Crippen molar-refractivity contribution in [2.45, 2.75) is 26.7 Å². The largest absolute Gasteiger partial charge is 0.296 e. The lowest BCUT2D eigenvalue weighted by atomic mass is 10.0. The Labute approximate surface area is 109 Å². The SMILES string of the molecule is Cc1nc2c(-c3cn[nH]c3)c[nH]n2c(=O)c1C(C)C. The van der Waals surface area contributed by atoms with Gasteiger partial charge in [0.1, 0.15) is 0 Å². The molecule has 0 aromatic carbocycles. The van der Waals surface area contributed by atoms with Crippen molar-refractivity contribution in [1.82, 2.24) is 24.8 Å². The summed E-state index contributed by atoms with van der Waals surface area (Å²) in [7, 11) is 0. The number of aromatic amines is 2. The standard InChI is InChI=1S/C13H15N5O/c1-7(2)11-8(3)17-12-10(9-4-14-15-5-9)6-16-18(12)13(11)19/h4-7,16H,1-3H3,(H,14,15). The molecule has 0 saturated heterocycles. The minimum Gasteiger partial charge on any atom is -0.296 e. The second-order valence-corrected chi connectivity index (χ2v) is 4.90. The van der Waals surface area contributed by atoms with Crippen molar-refractivity contribution in [3.63, 3.8) is 0 Å². The second-order valence-electron chi connectivity index (χ2n) is 4.90. The van der Waals surface area contributed by atoms with Crippen LogP contribution in [-0.4, -0.2) is 24.8 Å². The fourth-order valence-corrected chi connectivity index (χ4v) is 2.41. The van der Waals surface area contributed by atoms with Crippen molar-refractivity contribution in [2.24, 2.45) is 0 Å². The molecule has 3 heterocycles. The van der Waals surface area contributed by atoms with E-state index in [1.54, 1.807) is 18.6 Å². The number of nitrogens with zero attached hydrogens (tertiary/aromatic N) is 3. The lowest BCUT2D eigenvalue weighted by molar-refractivity contribution is 0.780. The molecule has 0 radical (unpaired) electrons. The van der Waals surface area contributed by atoms with E-state index in [1.165, 1.54) is 4.52 Å². The highest BCUT2D eigenvalue weighted by molar-refractivity contribution is 5.76. The lowest BCUT2D eigenvalue weighted by Crippen LogP contribution is -2.22.